The molecule has 1 unspecified atom stereocenters. The molecule has 0 aliphatic heterocycles. The maximum absolute atomic E-state index is 13.9. The molecule has 0 saturated carbocycles. The Morgan fingerprint density at radius 1 is 1.36 bits per heavy atom. The molecule has 2 rings (SSSR count). The standard InChI is InChI=1S/C16H19FN4O/c1-11(17)13-4-3-5-14(12-8-19-10-20-9-12)15(13)6-7-21-16(18)22-2/h3-5,8-11H,6-7H2,1-2H3,(H2,18,21). The Balaban J connectivity index is 2.39. The topological polar surface area (TPSA) is 73.4 Å². The van der Waals surface area contributed by atoms with Crippen LogP contribution in [-0.2, 0) is 11.2 Å². The van der Waals surface area contributed by atoms with E-state index in [0.717, 1.165) is 16.7 Å². The zero-order valence-corrected chi connectivity index (χ0v) is 12.7. The zero-order valence-electron chi connectivity index (χ0n) is 12.7. The van der Waals surface area contributed by atoms with E-state index in [-0.39, 0.29) is 6.02 Å². The molecule has 22 heavy (non-hydrogen) atoms. The summed E-state index contributed by atoms with van der Waals surface area (Å²) in [5, 5.41) is 0. The van der Waals surface area contributed by atoms with Gasteiger partial charge in [-0.25, -0.2) is 19.4 Å². The monoisotopic (exact) mass is 302 g/mol. The van der Waals surface area contributed by atoms with Crippen molar-refractivity contribution in [2.24, 2.45) is 10.7 Å². The first-order valence-corrected chi connectivity index (χ1v) is 6.98. The molecule has 116 valence electrons. The van der Waals surface area contributed by atoms with Gasteiger partial charge in [-0.2, -0.15) is 0 Å². The summed E-state index contributed by atoms with van der Waals surface area (Å²) in [6.07, 6.45) is 4.38. The fourth-order valence-corrected chi connectivity index (χ4v) is 2.31. The molecule has 6 heteroatoms. The van der Waals surface area contributed by atoms with Gasteiger partial charge in [0.1, 0.15) is 12.5 Å². The number of halogens is 1. The second-order valence-electron chi connectivity index (χ2n) is 4.79. The van der Waals surface area contributed by atoms with Crippen LogP contribution in [0.25, 0.3) is 11.1 Å². The average Bonchev–Trinajstić information content (AvgIpc) is 2.55. The summed E-state index contributed by atoms with van der Waals surface area (Å²) >= 11 is 0. The Labute approximate surface area is 129 Å². The number of aliphatic imine (C=N–C) groups is 1. The van der Waals surface area contributed by atoms with Crippen LogP contribution in [0.15, 0.2) is 41.9 Å². The van der Waals surface area contributed by atoms with Crippen molar-refractivity contribution in [1.29, 1.82) is 0 Å². The molecule has 2 aromatic rings. The molecule has 0 bridgehead atoms. The van der Waals surface area contributed by atoms with Crippen LogP contribution in [0.2, 0.25) is 0 Å². The highest BCUT2D eigenvalue weighted by molar-refractivity contribution is 5.71. The smallest absolute Gasteiger partial charge is 0.281 e. The number of alkyl halides is 1. The van der Waals surface area contributed by atoms with Gasteiger partial charge in [0.05, 0.1) is 7.11 Å². The number of benzene rings is 1. The third-order valence-electron chi connectivity index (χ3n) is 3.35. The van der Waals surface area contributed by atoms with Crippen molar-refractivity contribution in [2.75, 3.05) is 13.7 Å². The van der Waals surface area contributed by atoms with Gasteiger partial charge in [0.25, 0.3) is 6.02 Å². The van der Waals surface area contributed by atoms with Crippen LogP contribution in [0.1, 0.15) is 24.2 Å². The summed E-state index contributed by atoms with van der Waals surface area (Å²) in [6.45, 7) is 1.95. The van der Waals surface area contributed by atoms with Crippen molar-refractivity contribution < 1.29 is 9.13 Å². The van der Waals surface area contributed by atoms with Crippen LogP contribution in [-0.4, -0.2) is 29.6 Å². The number of nitrogens with two attached hydrogens (primary N) is 1. The highest BCUT2D eigenvalue weighted by atomic mass is 19.1. The van der Waals surface area contributed by atoms with E-state index < -0.39 is 6.17 Å². The SMILES string of the molecule is COC(N)=NCCc1c(-c2cncnc2)cccc1C(C)F. The number of amidine groups is 1. The minimum absolute atomic E-state index is 0.121. The first-order chi connectivity index (χ1) is 10.6. The minimum atomic E-state index is -1.07. The lowest BCUT2D eigenvalue weighted by molar-refractivity contribution is 0.372. The molecule has 0 amide bonds. The molecule has 5 nitrogen and oxygen atoms in total. The number of hydrogen-bond acceptors (Lipinski definition) is 4. The highest BCUT2D eigenvalue weighted by Gasteiger charge is 2.14. The number of aromatic nitrogens is 2. The number of rotatable bonds is 5. The van der Waals surface area contributed by atoms with Gasteiger partial charge in [0.15, 0.2) is 0 Å². The molecule has 0 radical (unpaired) electrons. The van der Waals surface area contributed by atoms with Gasteiger partial charge in [-0.15, -0.1) is 0 Å². The summed E-state index contributed by atoms with van der Waals surface area (Å²) in [6, 6.07) is 5.68. The largest absolute Gasteiger partial charge is 0.469 e. The van der Waals surface area contributed by atoms with Crippen LogP contribution in [0.3, 0.4) is 0 Å². The summed E-state index contributed by atoms with van der Waals surface area (Å²) in [7, 11) is 1.46. The van der Waals surface area contributed by atoms with Crippen molar-refractivity contribution in [2.45, 2.75) is 19.5 Å². The Kier molecular flexibility index (Phi) is 5.41. The molecule has 1 aromatic carbocycles. The van der Waals surface area contributed by atoms with Crippen molar-refractivity contribution >= 4 is 6.02 Å². The Morgan fingerprint density at radius 2 is 2.09 bits per heavy atom. The van der Waals surface area contributed by atoms with Crippen LogP contribution >= 0.6 is 0 Å². The van der Waals surface area contributed by atoms with Crippen molar-refractivity contribution in [3.63, 3.8) is 0 Å². The van der Waals surface area contributed by atoms with Crippen molar-refractivity contribution in [3.8, 4) is 11.1 Å². The molecule has 2 N–H and O–H groups in total. The van der Waals surface area contributed by atoms with Crippen molar-refractivity contribution in [1.82, 2.24) is 9.97 Å². The van der Waals surface area contributed by atoms with Crippen molar-refractivity contribution in [3.05, 3.63) is 48.0 Å². The molecular weight excluding hydrogens is 283 g/mol. The van der Waals surface area contributed by atoms with E-state index in [1.165, 1.54) is 20.4 Å². The Hall–Kier alpha value is -2.50. The Morgan fingerprint density at radius 3 is 2.73 bits per heavy atom. The zero-order chi connectivity index (χ0) is 15.9. The molecule has 0 aliphatic carbocycles. The third kappa shape index (κ3) is 3.78. The lowest BCUT2D eigenvalue weighted by Gasteiger charge is -2.15. The predicted octanol–water partition coefficient (Wildman–Crippen LogP) is 2.68. The summed E-state index contributed by atoms with van der Waals surface area (Å²) in [5.74, 6) is 0. The van der Waals surface area contributed by atoms with Crippen LogP contribution < -0.4 is 5.73 Å². The first-order valence-electron chi connectivity index (χ1n) is 6.98. The molecule has 0 aliphatic rings. The lowest BCUT2D eigenvalue weighted by Crippen LogP contribution is -2.14. The number of ether oxygens (including phenoxy) is 1. The van der Waals surface area contributed by atoms with E-state index in [1.54, 1.807) is 18.5 Å². The van der Waals surface area contributed by atoms with E-state index in [9.17, 15) is 4.39 Å². The lowest BCUT2D eigenvalue weighted by atomic mass is 9.93. The maximum atomic E-state index is 13.9. The molecular formula is C16H19FN4O. The Bertz CT molecular complexity index is 644. The van der Waals surface area contributed by atoms with Gasteiger partial charge in [-0.1, -0.05) is 18.2 Å². The normalized spacial score (nSPS) is 13.0. The molecule has 0 fully saturated rings. The molecule has 0 spiro atoms. The maximum Gasteiger partial charge on any atom is 0.281 e. The summed E-state index contributed by atoms with van der Waals surface area (Å²) in [4.78, 5) is 12.1. The van der Waals surface area contributed by atoms with Gasteiger partial charge in [-0.05, 0) is 30.0 Å². The van der Waals surface area contributed by atoms with Crippen LogP contribution in [0.4, 0.5) is 4.39 Å². The van der Waals surface area contributed by atoms with E-state index in [2.05, 4.69) is 15.0 Å². The number of nitrogens with zero attached hydrogens (tertiary/aromatic N) is 3. The van der Waals surface area contributed by atoms with Gasteiger partial charge in [0.2, 0.25) is 0 Å². The van der Waals surface area contributed by atoms with Gasteiger partial charge >= 0.3 is 0 Å². The second kappa shape index (κ2) is 7.49. The average molecular weight is 302 g/mol. The fraction of sp³-hybridized carbons (Fsp3) is 0.312. The van der Waals surface area contributed by atoms with Gasteiger partial charge in [0, 0.05) is 24.5 Å². The first kappa shape index (κ1) is 15.9. The van der Waals surface area contributed by atoms with Gasteiger partial charge in [-0.3, -0.25) is 0 Å². The van der Waals surface area contributed by atoms with Crippen LogP contribution in [0, 0.1) is 0 Å². The highest BCUT2D eigenvalue weighted by Crippen LogP contribution is 2.30. The van der Waals surface area contributed by atoms with E-state index in [1.807, 2.05) is 12.1 Å². The molecule has 1 atom stereocenters. The molecule has 0 saturated heterocycles. The van der Waals surface area contributed by atoms with Gasteiger partial charge < -0.3 is 10.5 Å². The second-order valence-corrected chi connectivity index (χ2v) is 4.79. The van der Waals surface area contributed by atoms with E-state index in [4.69, 9.17) is 10.5 Å². The molecule has 1 aromatic heterocycles. The molecule has 1 heterocycles. The van der Waals surface area contributed by atoms with Crippen LogP contribution in [0.5, 0.6) is 0 Å². The quantitative estimate of drug-likeness (QED) is 0.680. The fourth-order valence-electron chi connectivity index (χ4n) is 2.31. The number of methoxy groups -OCH3 is 1. The van der Waals surface area contributed by atoms with E-state index >= 15 is 0 Å². The van der Waals surface area contributed by atoms with E-state index in [0.29, 0.717) is 18.5 Å². The summed E-state index contributed by atoms with van der Waals surface area (Å²) < 4.78 is 18.7. The number of hydrogen-bond donors (Lipinski definition) is 1. The predicted molar refractivity (Wildman–Crippen MR) is 84.2 cm³/mol. The summed E-state index contributed by atoms with van der Waals surface area (Å²) in [5.41, 5.74) is 8.81. The minimum Gasteiger partial charge on any atom is -0.469 e. The third-order valence-corrected chi connectivity index (χ3v) is 3.35.